The summed E-state index contributed by atoms with van der Waals surface area (Å²) in [5.74, 6) is 0.352. The van der Waals surface area contributed by atoms with E-state index < -0.39 is 17.6 Å². The van der Waals surface area contributed by atoms with Crippen LogP contribution in [0.3, 0.4) is 0 Å². The number of benzene rings is 2. The number of nitrogens with one attached hydrogen (secondary N) is 1. The predicted molar refractivity (Wildman–Crippen MR) is 127 cm³/mol. The Bertz CT molecular complexity index is 1390. The minimum atomic E-state index is -4.80. The van der Waals surface area contributed by atoms with Gasteiger partial charge in [0.25, 0.3) is 0 Å². The quantitative estimate of drug-likeness (QED) is 0.221. The van der Waals surface area contributed by atoms with Crippen LogP contribution in [-0.2, 0) is 12.7 Å². The molecule has 0 amide bonds. The molecule has 10 heteroatoms. The number of rotatable bonds is 7. The van der Waals surface area contributed by atoms with E-state index in [1.165, 1.54) is 18.9 Å². The monoisotopic (exact) mass is 503 g/mol. The van der Waals surface area contributed by atoms with E-state index in [1.54, 1.807) is 4.57 Å². The highest BCUT2D eigenvalue weighted by Crippen LogP contribution is 2.35. The van der Waals surface area contributed by atoms with Crippen LogP contribution in [0.15, 0.2) is 42.5 Å². The highest BCUT2D eigenvalue weighted by molar-refractivity contribution is 6.28. The summed E-state index contributed by atoms with van der Waals surface area (Å²) >= 11 is 6.18. The average molecular weight is 504 g/mol. The minimum absolute atomic E-state index is 0.00539. The van der Waals surface area contributed by atoms with Crippen LogP contribution in [0, 0.1) is 18.7 Å². The molecule has 1 aliphatic rings. The summed E-state index contributed by atoms with van der Waals surface area (Å²) in [4.78, 5) is 13.3. The first kappa shape index (κ1) is 23.5. The molecule has 0 radical (unpaired) electrons. The molecule has 1 fully saturated rings. The van der Waals surface area contributed by atoms with Gasteiger partial charge < -0.3 is 9.88 Å². The van der Waals surface area contributed by atoms with Gasteiger partial charge in [-0.2, -0.15) is 23.1 Å². The maximum atomic E-state index is 13.9. The van der Waals surface area contributed by atoms with Gasteiger partial charge in [0, 0.05) is 18.7 Å². The standard InChI is InChI=1S/C25H22ClF4N5/c1-14-3-2-4-17(11-14)23-32-22-20(21(33-24(26)34-22)31-10-9-15-5-6-15)35(23)13-16-7-8-19(27)18(12-16)25(28,29)30/h2-4,7-8,11-12,15H,5-6,9-10,13H2,1H3,(H,31,33,34). The van der Waals surface area contributed by atoms with Crippen molar-refractivity contribution in [1.29, 1.82) is 0 Å². The van der Waals surface area contributed by atoms with Crippen molar-refractivity contribution in [2.24, 2.45) is 5.92 Å². The van der Waals surface area contributed by atoms with Crippen molar-refractivity contribution in [1.82, 2.24) is 19.5 Å². The van der Waals surface area contributed by atoms with Gasteiger partial charge >= 0.3 is 6.18 Å². The van der Waals surface area contributed by atoms with Gasteiger partial charge in [0.2, 0.25) is 5.28 Å². The van der Waals surface area contributed by atoms with Crippen molar-refractivity contribution in [2.45, 2.75) is 38.9 Å². The zero-order valence-corrected chi connectivity index (χ0v) is 19.6. The van der Waals surface area contributed by atoms with Crippen LogP contribution < -0.4 is 5.32 Å². The van der Waals surface area contributed by atoms with E-state index in [-0.39, 0.29) is 17.4 Å². The third-order valence-corrected chi connectivity index (χ3v) is 6.24. The summed E-state index contributed by atoms with van der Waals surface area (Å²) in [7, 11) is 0. The van der Waals surface area contributed by atoms with Gasteiger partial charge in [-0.25, -0.2) is 9.37 Å². The molecule has 1 aliphatic carbocycles. The van der Waals surface area contributed by atoms with E-state index in [9.17, 15) is 17.6 Å². The van der Waals surface area contributed by atoms with Crippen molar-refractivity contribution in [3.05, 3.63) is 70.3 Å². The highest BCUT2D eigenvalue weighted by Gasteiger charge is 2.34. The topological polar surface area (TPSA) is 55.6 Å². The summed E-state index contributed by atoms with van der Waals surface area (Å²) in [5.41, 5.74) is 1.58. The zero-order chi connectivity index (χ0) is 24.7. The minimum Gasteiger partial charge on any atom is -0.368 e. The maximum absolute atomic E-state index is 13.9. The van der Waals surface area contributed by atoms with E-state index in [2.05, 4.69) is 20.3 Å². The molecule has 2 aromatic heterocycles. The second-order valence-electron chi connectivity index (χ2n) is 8.88. The van der Waals surface area contributed by atoms with Gasteiger partial charge in [-0.1, -0.05) is 42.7 Å². The Labute approximate surface area is 204 Å². The molecular weight excluding hydrogens is 482 g/mol. The summed E-state index contributed by atoms with van der Waals surface area (Å²) in [5, 5.41) is 3.33. The normalized spacial score (nSPS) is 14.0. The molecule has 2 heterocycles. The van der Waals surface area contributed by atoms with Gasteiger partial charge in [-0.15, -0.1) is 0 Å². The third kappa shape index (κ3) is 5.10. The molecule has 1 saturated carbocycles. The summed E-state index contributed by atoms with van der Waals surface area (Å²) in [6.07, 6.45) is -1.40. The van der Waals surface area contributed by atoms with Gasteiger partial charge in [-0.05, 0) is 54.6 Å². The molecule has 0 saturated heterocycles. The Morgan fingerprint density at radius 2 is 1.89 bits per heavy atom. The van der Waals surface area contributed by atoms with Crippen molar-refractivity contribution < 1.29 is 17.6 Å². The lowest BCUT2D eigenvalue weighted by Crippen LogP contribution is -2.11. The fourth-order valence-electron chi connectivity index (χ4n) is 4.16. The van der Waals surface area contributed by atoms with Gasteiger partial charge in [0.15, 0.2) is 11.5 Å². The van der Waals surface area contributed by atoms with Crippen LogP contribution in [0.4, 0.5) is 23.4 Å². The first-order valence-electron chi connectivity index (χ1n) is 11.3. The number of nitrogens with zero attached hydrogens (tertiary/aromatic N) is 4. The number of aromatic nitrogens is 4. The summed E-state index contributed by atoms with van der Waals surface area (Å²) in [6, 6.07) is 10.6. The van der Waals surface area contributed by atoms with Crippen molar-refractivity contribution in [2.75, 3.05) is 11.9 Å². The molecule has 0 unspecified atom stereocenters. The van der Waals surface area contributed by atoms with E-state index >= 15 is 0 Å². The van der Waals surface area contributed by atoms with Crippen LogP contribution in [0.1, 0.15) is 36.0 Å². The maximum Gasteiger partial charge on any atom is 0.419 e. The van der Waals surface area contributed by atoms with Crippen LogP contribution in [0.5, 0.6) is 0 Å². The first-order chi connectivity index (χ1) is 16.7. The zero-order valence-electron chi connectivity index (χ0n) is 18.8. The number of halogens is 5. The molecule has 2 aromatic carbocycles. The Kier molecular flexibility index (Phi) is 6.13. The molecular formula is C25H22ClF4N5. The number of aryl methyl sites for hydroxylation is 1. The van der Waals surface area contributed by atoms with E-state index in [0.717, 1.165) is 29.7 Å². The second-order valence-corrected chi connectivity index (χ2v) is 9.21. The molecule has 0 aliphatic heterocycles. The summed E-state index contributed by atoms with van der Waals surface area (Å²) in [6.45, 7) is 2.62. The lowest BCUT2D eigenvalue weighted by atomic mass is 10.1. The highest BCUT2D eigenvalue weighted by atomic mass is 35.5. The lowest BCUT2D eigenvalue weighted by molar-refractivity contribution is -0.140. The summed E-state index contributed by atoms with van der Waals surface area (Å²) < 4.78 is 55.8. The number of hydrogen-bond donors (Lipinski definition) is 1. The number of imidazole rings is 1. The Morgan fingerprint density at radius 1 is 1.09 bits per heavy atom. The van der Waals surface area contributed by atoms with E-state index in [4.69, 9.17) is 11.6 Å². The first-order valence-corrected chi connectivity index (χ1v) is 11.7. The van der Waals surface area contributed by atoms with Crippen LogP contribution in [0.25, 0.3) is 22.6 Å². The fourth-order valence-corrected chi connectivity index (χ4v) is 4.33. The molecule has 0 bridgehead atoms. The largest absolute Gasteiger partial charge is 0.419 e. The molecule has 5 nitrogen and oxygen atoms in total. The number of hydrogen-bond acceptors (Lipinski definition) is 4. The van der Waals surface area contributed by atoms with E-state index in [0.29, 0.717) is 35.3 Å². The third-order valence-electron chi connectivity index (χ3n) is 6.07. The average Bonchev–Trinajstić information content (AvgIpc) is 3.54. The number of fused-ring (bicyclic) bond motifs is 1. The number of anilines is 1. The van der Waals surface area contributed by atoms with Gasteiger partial charge in [0.1, 0.15) is 17.2 Å². The molecule has 0 spiro atoms. The van der Waals surface area contributed by atoms with Gasteiger partial charge in [0.05, 0.1) is 5.56 Å². The SMILES string of the molecule is Cc1cccc(-c2nc3nc(Cl)nc(NCCC4CC4)c3n2Cc2ccc(F)c(C(F)(F)F)c2)c1. The smallest absolute Gasteiger partial charge is 0.368 e. The van der Waals surface area contributed by atoms with Crippen molar-refractivity contribution in [3.63, 3.8) is 0 Å². The molecule has 4 aromatic rings. The van der Waals surface area contributed by atoms with Crippen LogP contribution >= 0.6 is 11.6 Å². The van der Waals surface area contributed by atoms with Gasteiger partial charge in [-0.3, -0.25) is 0 Å². The van der Waals surface area contributed by atoms with Crippen molar-refractivity contribution in [3.8, 4) is 11.4 Å². The molecule has 5 rings (SSSR count). The predicted octanol–water partition coefficient (Wildman–Crippen LogP) is 6.87. The van der Waals surface area contributed by atoms with Crippen LogP contribution in [-0.4, -0.2) is 26.1 Å². The molecule has 1 N–H and O–H groups in total. The molecule has 0 atom stereocenters. The van der Waals surface area contributed by atoms with E-state index in [1.807, 2.05) is 31.2 Å². The Balaban J connectivity index is 1.65. The molecule has 182 valence electrons. The van der Waals surface area contributed by atoms with Crippen LogP contribution in [0.2, 0.25) is 5.28 Å². The van der Waals surface area contributed by atoms with Crippen molar-refractivity contribution >= 4 is 28.6 Å². The molecule has 35 heavy (non-hydrogen) atoms. The Morgan fingerprint density at radius 3 is 2.60 bits per heavy atom. The Hall–Kier alpha value is -3.20. The second kappa shape index (κ2) is 9.11. The lowest BCUT2D eigenvalue weighted by Gasteiger charge is -2.15. The number of alkyl halides is 3. The fraction of sp³-hybridized carbons (Fsp3) is 0.320.